The number of likely N-dealkylation sites (tertiary alicyclic amines) is 2. The van der Waals surface area contributed by atoms with Crippen LogP contribution in [0.1, 0.15) is 31.1 Å². The maximum Gasteiger partial charge on any atom is 0.410 e. The number of hydrogen-bond acceptors (Lipinski definition) is 3. The molecule has 2 atom stereocenters. The van der Waals surface area contributed by atoms with Crippen molar-refractivity contribution in [3.05, 3.63) is 34.1 Å². The summed E-state index contributed by atoms with van der Waals surface area (Å²) in [5, 5.41) is 0. The Kier molecular flexibility index (Phi) is 4.79. The molecule has 5 nitrogen and oxygen atoms in total. The zero-order valence-electron chi connectivity index (χ0n) is 14.6. The van der Waals surface area contributed by atoms with Crippen LogP contribution in [-0.2, 0) is 4.74 Å². The van der Waals surface area contributed by atoms with Gasteiger partial charge >= 0.3 is 6.09 Å². The number of nitrogens with zero attached hydrogens (tertiary/aromatic N) is 2. The van der Waals surface area contributed by atoms with Gasteiger partial charge in [0.2, 0.25) is 0 Å². The number of benzene rings is 1. The summed E-state index contributed by atoms with van der Waals surface area (Å²) >= 11 is 3.09. The quantitative estimate of drug-likeness (QED) is 0.708. The van der Waals surface area contributed by atoms with E-state index in [0.717, 1.165) is 0 Å². The average Bonchev–Trinajstić information content (AvgIpc) is 3.06. The molecule has 7 heteroatoms. The second-order valence-corrected chi connectivity index (χ2v) is 8.60. The predicted octanol–water partition coefficient (Wildman–Crippen LogP) is 3.53. The van der Waals surface area contributed by atoms with E-state index in [1.54, 1.807) is 21.9 Å². The Balaban J connectivity index is 1.60. The molecule has 136 valence electrons. The smallest absolute Gasteiger partial charge is 0.410 e. The Morgan fingerprint density at radius 1 is 1.12 bits per heavy atom. The molecule has 25 heavy (non-hydrogen) atoms. The third-order valence-electron chi connectivity index (χ3n) is 4.59. The van der Waals surface area contributed by atoms with E-state index in [0.29, 0.717) is 36.2 Å². The zero-order chi connectivity index (χ0) is 18.4. The van der Waals surface area contributed by atoms with Crippen LogP contribution in [0.5, 0.6) is 0 Å². The summed E-state index contributed by atoms with van der Waals surface area (Å²) in [7, 11) is 0. The maximum atomic E-state index is 13.7. The van der Waals surface area contributed by atoms with E-state index in [4.69, 9.17) is 4.74 Å². The molecule has 2 amide bonds. The van der Waals surface area contributed by atoms with Crippen molar-refractivity contribution in [1.29, 1.82) is 0 Å². The molecule has 1 aromatic carbocycles. The Bertz CT molecular complexity index is 690. The first-order valence-electron chi connectivity index (χ1n) is 8.36. The minimum absolute atomic E-state index is 0.162. The highest BCUT2D eigenvalue weighted by molar-refractivity contribution is 9.10. The molecule has 0 bridgehead atoms. The minimum Gasteiger partial charge on any atom is -0.444 e. The van der Waals surface area contributed by atoms with Crippen LogP contribution in [0, 0.1) is 17.7 Å². The van der Waals surface area contributed by atoms with Crippen molar-refractivity contribution >= 4 is 27.9 Å². The van der Waals surface area contributed by atoms with E-state index in [2.05, 4.69) is 15.9 Å². The number of halogens is 2. The summed E-state index contributed by atoms with van der Waals surface area (Å²) in [6, 6.07) is 4.42. The fraction of sp³-hybridized carbons (Fsp3) is 0.556. The van der Waals surface area contributed by atoms with Gasteiger partial charge in [-0.2, -0.15) is 0 Å². The lowest BCUT2D eigenvalue weighted by molar-refractivity contribution is 0.0275. The lowest BCUT2D eigenvalue weighted by Gasteiger charge is -2.26. The van der Waals surface area contributed by atoms with Gasteiger partial charge in [0.05, 0.1) is 4.47 Å². The van der Waals surface area contributed by atoms with Gasteiger partial charge in [0.15, 0.2) is 0 Å². The van der Waals surface area contributed by atoms with Crippen LogP contribution >= 0.6 is 15.9 Å². The molecule has 3 rings (SSSR count). The van der Waals surface area contributed by atoms with E-state index in [-0.39, 0.29) is 23.8 Å². The molecule has 0 aliphatic carbocycles. The van der Waals surface area contributed by atoms with Crippen molar-refractivity contribution in [3.63, 3.8) is 0 Å². The van der Waals surface area contributed by atoms with Crippen molar-refractivity contribution in [2.45, 2.75) is 26.4 Å². The van der Waals surface area contributed by atoms with Gasteiger partial charge in [-0.05, 0) is 54.9 Å². The van der Waals surface area contributed by atoms with E-state index in [9.17, 15) is 14.0 Å². The van der Waals surface area contributed by atoms with Crippen LogP contribution in [0.15, 0.2) is 22.7 Å². The van der Waals surface area contributed by atoms with Gasteiger partial charge in [-0.15, -0.1) is 0 Å². The second-order valence-electron chi connectivity index (χ2n) is 7.74. The van der Waals surface area contributed by atoms with E-state index < -0.39 is 11.4 Å². The van der Waals surface area contributed by atoms with Crippen LogP contribution in [0.4, 0.5) is 9.18 Å². The Morgan fingerprint density at radius 3 is 2.20 bits per heavy atom. The van der Waals surface area contributed by atoms with Gasteiger partial charge in [0.1, 0.15) is 11.4 Å². The molecule has 0 spiro atoms. The van der Waals surface area contributed by atoms with Crippen LogP contribution in [0.25, 0.3) is 0 Å². The van der Waals surface area contributed by atoms with Crippen LogP contribution in [-0.4, -0.2) is 53.6 Å². The number of rotatable bonds is 1. The van der Waals surface area contributed by atoms with Crippen LogP contribution < -0.4 is 0 Å². The lowest BCUT2D eigenvalue weighted by atomic mass is 10.0. The largest absolute Gasteiger partial charge is 0.444 e. The van der Waals surface area contributed by atoms with Crippen LogP contribution in [0.3, 0.4) is 0 Å². The highest BCUT2D eigenvalue weighted by Crippen LogP contribution is 2.33. The number of amides is 2. The molecule has 0 N–H and O–H groups in total. The average molecular weight is 413 g/mol. The monoisotopic (exact) mass is 412 g/mol. The molecule has 2 aliphatic heterocycles. The third-order valence-corrected chi connectivity index (χ3v) is 5.23. The first-order valence-corrected chi connectivity index (χ1v) is 9.15. The molecule has 0 saturated carbocycles. The summed E-state index contributed by atoms with van der Waals surface area (Å²) < 4.78 is 19.4. The van der Waals surface area contributed by atoms with Gasteiger partial charge in [-0.25, -0.2) is 9.18 Å². The fourth-order valence-corrected chi connectivity index (χ4v) is 3.69. The molecule has 1 aromatic rings. The Hall–Kier alpha value is -1.63. The first-order chi connectivity index (χ1) is 11.6. The summed E-state index contributed by atoms with van der Waals surface area (Å²) in [5.41, 5.74) is -0.160. The fourth-order valence-electron chi connectivity index (χ4n) is 3.45. The minimum atomic E-state index is -0.511. The molecule has 1 unspecified atom stereocenters. The summed E-state index contributed by atoms with van der Waals surface area (Å²) in [6.45, 7) is 7.90. The molecule has 2 heterocycles. The number of ether oxygens (including phenoxy) is 1. The SMILES string of the molecule is CC(C)(C)OC(=O)N1CC2CN(C(=O)c3ccc(Br)c(F)c3)C[C@@H]2C1. The Morgan fingerprint density at radius 2 is 1.68 bits per heavy atom. The molecule has 2 fully saturated rings. The standard InChI is InChI=1S/C18H22BrFN2O3/c1-18(2,3)25-17(24)22-9-12-7-21(8-13(12)10-22)16(23)11-4-5-14(19)15(20)6-11/h4-6,12-13H,7-10H2,1-3H3/t12-,13?/m1/s1. The molecule has 0 radical (unpaired) electrons. The van der Waals surface area contributed by atoms with Gasteiger partial charge in [0, 0.05) is 43.6 Å². The first kappa shape index (κ1) is 18.2. The molecular formula is C18H22BrFN2O3. The second kappa shape index (κ2) is 6.59. The van der Waals surface area contributed by atoms with Gasteiger partial charge < -0.3 is 14.5 Å². The summed E-state index contributed by atoms with van der Waals surface area (Å²) in [4.78, 5) is 28.2. The van der Waals surface area contributed by atoms with Crippen molar-refractivity contribution in [2.24, 2.45) is 11.8 Å². The highest BCUT2D eigenvalue weighted by atomic mass is 79.9. The number of carbonyl (C=O) groups excluding carboxylic acids is 2. The van der Waals surface area contributed by atoms with Crippen molar-refractivity contribution in [1.82, 2.24) is 9.80 Å². The summed E-state index contributed by atoms with van der Waals surface area (Å²) in [6.07, 6.45) is -0.297. The molecule has 0 aromatic heterocycles. The molecule has 2 saturated heterocycles. The molecule has 2 aliphatic rings. The van der Waals surface area contributed by atoms with E-state index in [1.165, 1.54) is 6.07 Å². The predicted molar refractivity (Wildman–Crippen MR) is 94.8 cm³/mol. The van der Waals surface area contributed by atoms with Gasteiger partial charge in [-0.1, -0.05) is 0 Å². The van der Waals surface area contributed by atoms with Gasteiger partial charge in [0.25, 0.3) is 5.91 Å². The number of fused-ring (bicyclic) bond motifs is 1. The third kappa shape index (κ3) is 3.97. The summed E-state index contributed by atoms with van der Waals surface area (Å²) in [5.74, 6) is -0.112. The lowest BCUT2D eigenvalue weighted by Crippen LogP contribution is -2.38. The highest BCUT2D eigenvalue weighted by Gasteiger charge is 2.44. The van der Waals surface area contributed by atoms with Gasteiger partial charge in [-0.3, -0.25) is 4.79 Å². The number of carbonyl (C=O) groups is 2. The zero-order valence-corrected chi connectivity index (χ0v) is 16.2. The van der Waals surface area contributed by atoms with Crippen molar-refractivity contribution < 1.29 is 18.7 Å². The molecular weight excluding hydrogens is 391 g/mol. The van der Waals surface area contributed by atoms with Crippen molar-refractivity contribution in [3.8, 4) is 0 Å². The van der Waals surface area contributed by atoms with Crippen LogP contribution in [0.2, 0.25) is 0 Å². The normalized spacial score (nSPS) is 22.9. The topological polar surface area (TPSA) is 49.9 Å². The van der Waals surface area contributed by atoms with E-state index in [1.807, 2.05) is 20.8 Å². The maximum absolute atomic E-state index is 13.7. The Labute approximate surface area is 155 Å². The van der Waals surface area contributed by atoms with Crippen molar-refractivity contribution in [2.75, 3.05) is 26.2 Å². The van der Waals surface area contributed by atoms with E-state index >= 15 is 0 Å². The number of hydrogen-bond donors (Lipinski definition) is 0.